The van der Waals surface area contributed by atoms with E-state index in [4.69, 9.17) is 0 Å². The number of hydrogen-bond donors (Lipinski definition) is 0. The zero-order chi connectivity index (χ0) is 13.9. The van der Waals surface area contributed by atoms with E-state index in [2.05, 4.69) is 16.8 Å². The predicted octanol–water partition coefficient (Wildman–Crippen LogP) is 3.39. The molecule has 1 saturated heterocycles. The molecule has 3 rings (SSSR count). The molecule has 1 aromatic rings. The van der Waals surface area contributed by atoms with Gasteiger partial charge in [0.15, 0.2) is 5.17 Å². The summed E-state index contributed by atoms with van der Waals surface area (Å²) < 4.78 is 0. The van der Waals surface area contributed by atoms with Gasteiger partial charge in [-0.2, -0.15) is 4.99 Å². The Kier molecular flexibility index (Phi) is 3.92. The van der Waals surface area contributed by atoms with E-state index in [0.717, 1.165) is 28.7 Å². The highest BCUT2D eigenvalue weighted by Crippen LogP contribution is 2.32. The van der Waals surface area contributed by atoms with Crippen LogP contribution in [0, 0.1) is 5.92 Å². The molecular weight excluding hydrogens is 268 g/mol. The Morgan fingerprint density at radius 1 is 1.35 bits per heavy atom. The second-order valence-electron chi connectivity index (χ2n) is 5.41. The lowest BCUT2D eigenvalue weighted by atomic mass is 10.0. The fourth-order valence-electron chi connectivity index (χ4n) is 2.60. The van der Waals surface area contributed by atoms with Crippen LogP contribution in [0.1, 0.15) is 25.3 Å². The molecule has 2 aliphatic heterocycles. The van der Waals surface area contributed by atoms with Crippen molar-refractivity contribution in [1.82, 2.24) is 4.90 Å². The van der Waals surface area contributed by atoms with Crippen molar-refractivity contribution in [3.8, 4) is 0 Å². The van der Waals surface area contributed by atoms with E-state index in [-0.39, 0.29) is 5.91 Å². The Hall–Kier alpha value is -1.55. The molecule has 104 valence electrons. The fraction of sp³-hybridized carbons (Fsp3) is 0.375. The summed E-state index contributed by atoms with van der Waals surface area (Å²) in [6, 6.07) is 9.93. The Morgan fingerprint density at radius 2 is 2.15 bits per heavy atom. The summed E-state index contributed by atoms with van der Waals surface area (Å²) in [6.07, 6.45) is 4.39. The summed E-state index contributed by atoms with van der Waals surface area (Å²) in [5.74, 6) is 0.580. The van der Waals surface area contributed by atoms with E-state index in [1.165, 1.54) is 24.6 Å². The van der Waals surface area contributed by atoms with E-state index < -0.39 is 0 Å². The number of amides is 1. The molecule has 1 atom stereocenters. The van der Waals surface area contributed by atoms with E-state index in [0.29, 0.717) is 5.92 Å². The maximum atomic E-state index is 12.0. The van der Waals surface area contributed by atoms with E-state index >= 15 is 0 Å². The topological polar surface area (TPSA) is 32.7 Å². The molecule has 1 unspecified atom stereocenters. The molecule has 2 aliphatic rings. The average Bonchev–Trinajstić information content (AvgIpc) is 2.81. The zero-order valence-electron chi connectivity index (χ0n) is 11.6. The molecule has 0 bridgehead atoms. The Morgan fingerprint density at radius 3 is 2.90 bits per heavy atom. The smallest absolute Gasteiger partial charge is 0.286 e. The van der Waals surface area contributed by atoms with Crippen molar-refractivity contribution >= 4 is 28.9 Å². The standard InChI is InChI=1S/C16H18N2OS/c1-12-6-5-9-18(11-12)16-17-15(19)14(20-16)10-13-7-3-2-4-8-13/h2-4,7-8,10,12H,5-6,9,11H2,1H3. The lowest BCUT2D eigenvalue weighted by Gasteiger charge is -2.31. The number of rotatable bonds is 1. The largest absolute Gasteiger partial charge is 0.351 e. The number of benzene rings is 1. The van der Waals surface area contributed by atoms with Crippen LogP contribution in [0.15, 0.2) is 40.2 Å². The molecule has 0 aromatic heterocycles. The second-order valence-corrected chi connectivity index (χ2v) is 6.42. The summed E-state index contributed by atoms with van der Waals surface area (Å²) in [4.78, 5) is 19.2. The summed E-state index contributed by atoms with van der Waals surface area (Å²) >= 11 is 1.51. The second kappa shape index (κ2) is 5.83. The number of nitrogens with zero attached hydrogens (tertiary/aromatic N) is 2. The van der Waals surface area contributed by atoms with Crippen LogP contribution in [0.5, 0.6) is 0 Å². The average molecular weight is 286 g/mol. The van der Waals surface area contributed by atoms with Gasteiger partial charge in [-0.05, 0) is 42.2 Å². The van der Waals surface area contributed by atoms with Crippen LogP contribution >= 0.6 is 11.8 Å². The fourth-order valence-corrected chi connectivity index (χ4v) is 3.55. The molecule has 2 heterocycles. The van der Waals surface area contributed by atoms with Gasteiger partial charge in [-0.1, -0.05) is 37.3 Å². The Balaban J connectivity index is 1.74. The maximum absolute atomic E-state index is 12.0. The van der Waals surface area contributed by atoms with Gasteiger partial charge in [-0.25, -0.2) is 0 Å². The third-order valence-electron chi connectivity index (χ3n) is 3.63. The summed E-state index contributed by atoms with van der Waals surface area (Å²) in [5.41, 5.74) is 1.05. The van der Waals surface area contributed by atoms with Crippen LogP contribution in [0.4, 0.5) is 0 Å². The normalized spacial score (nSPS) is 25.1. The monoisotopic (exact) mass is 286 g/mol. The molecule has 4 heteroatoms. The number of carbonyl (C=O) groups excluding carboxylic acids is 1. The number of thioether (sulfide) groups is 1. The van der Waals surface area contributed by atoms with Crippen LogP contribution < -0.4 is 0 Å². The Bertz CT molecular complexity index is 565. The van der Waals surface area contributed by atoms with Crippen molar-refractivity contribution in [3.63, 3.8) is 0 Å². The Labute approximate surface area is 123 Å². The van der Waals surface area contributed by atoms with Gasteiger partial charge >= 0.3 is 0 Å². The number of carbonyl (C=O) groups is 1. The van der Waals surface area contributed by atoms with Gasteiger partial charge < -0.3 is 4.90 Å². The van der Waals surface area contributed by atoms with Gasteiger partial charge in [0.1, 0.15) is 0 Å². The van der Waals surface area contributed by atoms with Crippen molar-refractivity contribution in [2.24, 2.45) is 10.9 Å². The lowest BCUT2D eigenvalue weighted by Crippen LogP contribution is -2.37. The minimum absolute atomic E-state index is 0.105. The van der Waals surface area contributed by atoms with Crippen molar-refractivity contribution in [2.45, 2.75) is 19.8 Å². The van der Waals surface area contributed by atoms with Gasteiger partial charge in [0.2, 0.25) is 0 Å². The number of aliphatic imine (C=N–C) groups is 1. The van der Waals surface area contributed by atoms with E-state index in [1.54, 1.807) is 0 Å². The number of piperidine rings is 1. The highest BCUT2D eigenvalue weighted by atomic mass is 32.2. The number of hydrogen-bond acceptors (Lipinski definition) is 3. The molecule has 0 radical (unpaired) electrons. The first-order valence-corrected chi connectivity index (χ1v) is 7.86. The molecular formula is C16H18N2OS. The van der Waals surface area contributed by atoms with Gasteiger partial charge in [0.25, 0.3) is 5.91 Å². The molecule has 1 amide bonds. The molecule has 0 spiro atoms. The van der Waals surface area contributed by atoms with Gasteiger partial charge in [-0.3, -0.25) is 4.79 Å². The quantitative estimate of drug-likeness (QED) is 0.742. The first-order valence-electron chi connectivity index (χ1n) is 7.05. The van der Waals surface area contributed by atoms with Crippen molar-refractivity contribution in [2.75, 3.05) is 13.1 Å². The van der Waals surface area contributed by atoms with Crippen molar-refractivity contribution in [3.05, 3.63) is 40.8 Å². The van der Waals surface area contributed by atoms with Gasteiger partial charge in [0.05, 0.1) is 4.91 Å². The number of likely N-dealkylation sites (tertiary alicyclic amines) is 1. The minimum atomic E-state index is -0.105. The zero-order valence-corrected chi connectivity index (χ0v) is 12.4. The van der Waals surface area contributed by atoms with E-state index in [1.807, 2.05) is 36.4 Å². The van der Waals surface area contributed by atoms with Crippen LogP contribution in [-0.4, -0.2) is 29.1 Å². The molecule has 20 heavy (non-hydrogen) atoms. The van der Waals surface area contributed by atoms with Crippen LogP contribution in [-0.2, 0) is 4.79 Å². The van der Waals surface area contributed by atoms with Crippen molar-refractivity contribution in [1.29, 1.82) is 0 Å². The summed E-state index contributed by atoms with van der Waals surface area (Å²) in [5, 5.41) is 0.878. The molecule has 3 nitrogen and oxygen atoms in total. The maximum Gasteiger partial charge on any atom is 0.286 e. The molecule has 1 aromatic carbocycles. The van der Waals surface area contributed by atoms with Crippen LogP contribution in [0.2, 0.25) is 0 Å². The van der Waals surface area contributed by atoms with Crippen LogP contribution in [0.3, 0.4) is 0 Å². The molecule has 0 aliphatic carbocycles. The molecule has 0 saturated carbocycles. The SMILES string of the molecule is CC1CCCN(C2=NC(=O)C(=Cc3ccccc3)S2)C1. The van der Waals surface area contributed by atoms with Crippen molar-refractivity contribution < 1.29 is 4.79 Å². The lowest BCUT2D eigenvalue weighted by molar-refractivity contribution is -0.113. The highest BCUT2D eigenvalue weighted by Gasteiger charge is 2.28. The van der Waals surface area contributed by atoms with Crippen LogP contribution in [0.25, 0.3) is 6.08 Å². The van der Waals surface area contributed by atoms with Gasteiger partial charge in [0, 0.05) is 13.1 Å². The minimum Gasteiger partial charge on any atom is -0.351 e. The summed E-state index contributed by atoms with van der Waals surface area (Å²) in [6.45, 7) is 4.29. The third-order valence-corrected chi connectivity index (χ3v) is 4.68. The molecule has 0 N–H and O–H groups in total. The first-order chi connectivity index (χ1) is 9.72. The van der Waals surface area contributed by atoms with E-state index in [9.17, 15) is 4.79 Å². The van der Waals surface area contributed by atoms with Gasteiger partial charge in [-0.15, -0.1) is 0 Å². The summed E-state index contributed by atoms with van der Waals surface area (Å²) in [7, 11) is 0. The highest BCUT2D eigenvalue weighted by molar-refractivity contribution is 8.18. The third kappa shape index (κ3) is 2.96. The number of amidine groups is 1. The first kappa shape index (κ1) is 13.4. The molecule has 1 fully saturated rings. The predicted molar refractivity (Wildman–Crippen MR) is 84.4 cm³/mol.